The van der Waals surface area contributed by atoms with Crippen LogP contribution in [0.3, 0.4) is 0 Å². The zero-order chi connectivity index (χ0) is 14.8. The average molecular weight is 286 g/mol. The van der Waals surface area contributed by atoms with E-state index in [1.807, 2.05) is 0 Å². The Labute approximate surface area is 118 Å². The lowest BCUT2D eigenvalue weighted by Crippen LogP contribution is -2.54. The van der Waals surface area contributed by atoms with Crippen molar-refractivity contribution in [2.24, 2.45) is 0 Å². The minimum absolute atomic E-state index is 0.403. The molecule has 0 bridgehead atoms. The Morgan fingerprint density at radius 3 is 2.45 bits per heavy atom. The summed E-state index contributed by atoms with van der Waals surface area (Å²) in [7, 11) is 0. The van der Waals surface area contributed by atoms with Gasteiger partial charge in [0.25, 0.3) is 0 Å². The van der Waals surface area contributed by atoms with E-state index in [-0.39, 0.29) is 0 Å². The van der Waals surface area contributed by atoms with Crippen LogP contribution < -0.4 is 5.32 Å². The van der Waals surface area contributed by atoms with Crippen LogP contribution in [0.5, 0.6) is 0 Å². The van der Waals surface area contributed by atoms with Crippen molar-refractivity contribution < 1.29 is 13.2 Å². The molecule has 0 aromatic heterocycles. The predicted molar refractivity (Wildman–Crippen MR) is 73.4 cm³/mol. The van der Waals surface area contributed by atoms with E-state index in [4.69, 9.17) is 0 Å². The Morgan fingerprint density at radius 1 is 1.25 bits per heavy atom. The van der Waals surface area contributed by atoms with Gasteiger partial charge in [-0.15, -0.1) is 0 Å². The van der Waals surface area contributed by atoms with E-state index in [0.29, 0.717) is 18.6 Å². The van der Waals surface area contributed by atoms with Gasteiger partial charge in [0.1, 0.15) is 0 Å². The number of nitrogens with zero attached hydrogens (tertiary/aromatic N) is 1. The number of benzene rings is 1. The van der Waals surface area contributed by atoms with Gasteiger partial charge >= 0.3 is 6.18 Å². The lowest BCUT2D eigenvalue weighted by atomic mass is 10.1. The van der Waals surface area contributed by atoms with Crippen LogP contribution in [-0.2, 0) is 12.7 Å². The topological polar surface area (TPSA) is 15.3 Å². The molecule has 1 N–H and O–H groups in total. The SMILES string of the molecule is CCC1CN(Cc2ccc(C(F)(F)F)cc2)C(C)CN1. The lowest BCUT2D eigenvalue weighted by molar-refractivity contribution is -0.137. The quantitative estimate of drug-likeness (QED) is 0.917. The van der Waals surface area contributed by atoms with Crippen molar-refractivity contribution in [3.63, 3.8) is 0 Å². The van der Waals surface area contributed by atoms with E-state index in [1.165, 1.54) is 12.1 Å². The molecule has 0 saturated carbocycles. The molecule has 0 radical (unpaired) electrons. The number of piperazine rings is 1. The summed E-state index contributed by atoms with van der Waals surface area (Å²) in [6.45, 7) is 6.86. The Hall–Kier alpha value is -1.07. The molecule has 0 amide bonds. The zero-order valence-corrected chi connectivity index (χ0v) is 11.9. The van der Waals surface area contributed by atoms with Crippen molar-refractivity contribution in [1.82, 2.24) is 10.2 Å². The van der Waals surface area contributed by atoms with E-state index < -0.39 is 11.7 Å². The van der Waals surface area contributed by atoms with Crippen molar-refractivity contribution in [1.29, 1.82) is 0 Å². The van der Waals surface area contributed by atoms with Gasteiger partial charge in [0.15, 0.2) is 0 Å². The summed E-state index contributed by atoms with van der Waals surface area (Å²) < 4.78 is 37.6. The van der Waals surface area contributed by atoms with Crippen LogP contribution >= 0.6 is 0 Å². The van der Waals surface area contributed by atoms with Gasteiger partial charge in [0.05, 0.1) is 5.56 Å². The molecule has 2 unspecified atom stereocenters. The van der Waals surface area contributed by atoms with E-state index >= 15 is 0 Å². The summed E-state index contributed by atoms with van der Waals surface area (Å²) in [5.41, 5.74) is 0.350. The van der Waals surface area contributed by atoms with Crippen LogP contribution in [0.15, 0.2) is 24.3 Å². The van der Waals surface area contributed by atoms with Crippen molar-refractivity contribution in [2.75, 3.05) is 13.1 Å². The standard InChI is InChI=1S/C15H21F3N2/c1-3-14-10-20(11(2)8-19-14)9-12-4-6-13(7-5-12)15(16,17)18/h4-7,11,14,19H,3,8-10H2,1-2H3. The molecule has 1 aromatic rings. The number of rotatable bonds is 3. The number of hydrogen-bond donors (Lipinski definition) is 1. The monoisotopic (exact) mass is 286 g/mol. The number of hydrogen-bond acceptors (Lipinski definition) is 2. The smallest absolute Gasteiger partial charge is 0.311 e. The number of alkyl halides is 3. The lowest BCUT2D eigenvalue weighted by Gasteiger charge is -2.38. The van der Waals surface area contributed by atoms with Gasteiger partial charge in [-0.3, -0.25) is 4.90 Å². The van der Waals surface area contributed by atoms with Crippen molar-refractivity contribution in [3.8, 4) is 0 Å². The second kappa shape index (κ2) is 6.14. The maximum Gasteiger partial charge on any atom is 0.416 e. The molecule has 1 saturated heterocycles. The number of nitrogens with one attached hydrogen (secondary N) is 1. The van der Waals surface area contributed by atoms with E-state index in [1.54, 1.807) is 12.1 Å². The normalized spacial score (nSPS) is 24.9. The Balaban J connectivity index is 2.02. The first-order valence-electron chi connectivity index (χ1n) is 7.03. The van der Waals surface area contributed by atoms with Gasteiger partial charge in [0.2, 0.25) is 0 Å². The van der Waals surface area contributed by atoms with Gasteiger partial charge in [-0.2, -0.15) is 13.2 Å². The predicted octanol–water partition coefficient (Wildman–Crippen LogP) is 3.28. The maximum absolute atomic E-state index is 12.5. The third-order valence-corrected chi connectivity index (χ3v) is 3.94. The van der Waals surface area contributed by atoms with Crippen LogP contribution in [0.4, 0.5) is 13.2 Å². The average Bonchev–Trinajstić information content (AvgIpc) is 2.41. The Bertz CT molecular complexity index is 428. The molecule has 1 aliphatic heterocycles. The van der Waals surface area contributed by atoms with Gasteiger partial charge in [0, 0.05) is 31.7 Å². The molecule has 112 valence electrons. The van der Waals surface area contributed by atoms with Crippen LogP contribution in [-0.4, -0.2) is 30.1 Å². The summed E-state index contributed by atoms with van der Waals surface area (Å²) in [6, 6.07) is 6.37. The molecule has 5 heteroatoms. The zero-order valence-electron chi connectivity index (χ0n) is 11.9. The fourth-order valence-corrected chi connectivity index (χ4v) is 2.52. The van der Waals surface area contributed by atoms with E-state index in [2.05, 4.69) is 24.1 Å². The third-order valence-electron chi connectivity index (χ3n) is 3.94. The number of halogens is 3. The minimum atomic E-state index is -4.26. The largest absolute Gasteiger partial charge is 0.416 e. The molecule has 2 rings (SSSR count). The molecule has 0 spiro atoms. The molecule has 1 fully saturated rings. The summed E-state index contributed by atoms with van der Waals surface area (Å²) in [4.78, 5) is 2.33. The van der Waals surface area contributed by atoms with Crippen molar-refractivity contribution >= 4 is 0 Å². The van der Waals surface area contributed by atoms with Gasteiger partial charge < -0.3 is 5.32 Å². The van der Waals surface area contributed by atoms with Crippen LogP contribution in [0.25, 0.3) is 0 Å². The van der Waals surface area contributed by atoms with Crippen LogP contribution in [0.1, 0.15) is 31.4 Å². The highest BCUT2D eigenvalue weighted by molar-refractivity contribution is 5.24. The molecule has 1 aliphatic rings. The molecular formula is C15H21F3N2. The Kier molecular flexibility index (Phi) is 4.70. The second-order valence-electron chi connectivity index (χ2n) is 5.49. The summed E-state index contributed by atoms with van der Waals surface area (Å²) >= 11 is 0. The maximum atomic E-state index is 12.5. The second-order valence-corrected chi connectivity index (χ2v) is 5.49. The molecule has 1 heterocycles. The molecule has 1 aromatic carbocycles. The fraction of sp³-hybridized carbons (Fsp3) is 0.600. The summed E-state index contributed by atoms with van der Waals surface area (Å²) in [6.07, 6.45) is -3.19. The third kappa shape index (κ3) is 3.73. The molecule has 0 aliphatic carbocycles. The van der Waals surface area contributed by atoms with Crippen LogP contribution in [0, 0.1) is 0 Å². The molecule has 2 atom stereocenters. The fourth-order valence-electron chi connectivity index (χ4n) is 2.52. The molecular weight excluding hydrogens is 265 g/mol. The van der Waals surface area contributed by atoms with Crippen molar-refractivity contribution in [3.05, 3.63) is 35.4 Å². The molecule has 2 nitrogen and oxygen atoms in total. The molecule has 20 heavy (non-hydrogen) atoms. The first kappa shape index (κ1) is 15.3. The minimum Gasteiger partial charge on any atom is -0.311 e. The highest BCUT2D eigenvalue weighted by Gasteiger charge is 2.30. The van der Waals surface area contributed by atoms with Crippen molar-refractivity contribution in [2.45, 2.75) is 45.1 Å². The van der Waals surface area contributed by atoms with Gasteiger partial charge in [-0.25, -0.2) is 0 Å². The van der Waals surface area contributed by atoms with E-state index in [0.717, 1.165) is 25.1 Å². The summed E-state index contributed by atoms with van der Waals surface area (Å²) in [5, 5.41) is 3.47. The first-order valence-corrected chi connectivity index (χ1v) is 7.03. The Morgan fingerprint density at radius 2 is 1.90 bits per heavy atom. The van der Waals surface area contributed by atoms with Gasteiger partial charge in [-0.1, -0.05) is 19.1 Å². The highest BCUT2D eigenvalue weighted by atomic mass is 19.4. The van der Waals surface area contributed by atoms with Crippen LogP contribution in [0.2, 0.25) is 0 Å². The summed E-state index contributed by atoms with van der Waals surface area (Å²) in [5.74, 6) is 0. The van der Waals surface area contributed by atoms with Gasteiger partial charge in [-0.05, 0) is 31.0 Å². The highest BCUT2D eigenvalue weighted by Crippen LogP contribution is 2.29. The first-order chi connectivity index (χ1) is 9.40. The van der Waals surface area contributed by atoms with E-state index in [9.17, 15) is 13.2 Å².